The average molecular weight is 352 g/mol. The third-order valence-electron chi connectivity index (χ3n) is 3.12. The van der Waals surface area contributed by atoms with Crippen molar-refractivity contribution in [1.29, 1.82) is 0 Å². The Hall–Kier alpha value is -1.37. The van der Waals surface area contributed by atoms with Gasteiger partial charge in [0.05, 0.1) is 4.92 Å². The van der Waals surface area contributed by atoms with Crippen LogP contribution in [0.5, 0.6) is 0 Å². The molecule has 1 atom stereocenters. The molecule has 2 amide bonds. The second-order valence-electron chi connectivity index (χ2n) is 4.43. The van der Waals surface area contributed by atoms with Crippen LogP contribution in [0.25, 0.3) is 0 Å². The Bertz CT molecular complexity index is 604. The minimum absolute atomic E-state index is 0.0403. The summed E-state index contributed by atoms with van der Waals surface area (Å²) in [5, 5.41) is 11.3. The first kappa shape index (κ1) is 16.0. The van der Waals surface area contributed by atoms with Crippen molar-refractivity contribution in [2.24, 2.45) is 0 Å². The largest absolute Gasteiger partial charge is 0.395 e. The van der Waals surface area contributed by atoms with Crippen LogP contribution in [0.4, 0.5) is 0 Å². The van der Waals surface area contributed by atoms with Crippen molar-refractivity contribution in [3.05, 3.63) is 45.0 Å². The van der Waals surface area contributed by atoms with Gasteiger partial charge in [-0.2, -0.15) is 0 Å². The lowest BCUT2D eigenvalue weighted by Crippen LogP contribution is -2.46. The minimum atomic E-state index is -2.60. The molecule has 1 heterocycles. The molecule has 0 aromatic heterocycles. The Morgan fingerprint density at radius 1 is 1.19 bits per heavy atom. The second-order valence-corrected chi connectivity index (χ2v) is 6.18. The van der Waals surface area contributed by atoms with Crippen molar-refractivity contribution in [3.8, 4) is 0 Å². The summed E-state index contributed by atoms with van der Waals surface area (Å²) in [5.41, 5.74) is 0.143. The highest BCUT2D eigenvalue weighted by atomic mass is 35.5. The average Bonchev–Trinajstić information content (AvgIpc) is 2.73. The lowest BCUT2D eigenvalue weighted by Gasteiger charge is -2.30. The second kappa shape index (κ2) is 5.79. The summed E-state index contributed by atoms with van der Waals surface area (Å²) in [6.45, 7) is 0. The Labute approximate surface area is 134 Å². The molecular formula is C12H9Cl3N2O4. The zero-order chi connectivity index (χ0) is 15.8. The Morgan fingerprint density at radius 2 is 1.71 bits per heavy atom. The number of carbonyl (C=O) groups is 2. The van der Waals surface area contributed by atoms with Crippen LogP contribution >= 0.6 is 34.8 Å². The smallest absolute Gasteiger partial charge is 0.274 e. The van der Waals surface area contributed by atoms with E-state index in [9.17, 15) is 19.7 Å². The number of likely N-dealkylation sites (tertiary alicyclic amines) is 1. The maximum absolute atomic E-state index is 11.9. The molecule has 0 N–H and O–H groups in total. The van der Waals surface area contributed by atoms with E-state index in [0.29, 0.717) is 0 Å². The lowest BCUT2D eigenvalue weighted by molar-refractivity contribution is -0.523. The van der Waals surface area contributed by atoms with Gasteiger partial charge in [-0.15, -0.1) is 0 Å². The summed E-state index contributed by atoms with van der Waals surface area (Å²) in [5.74, 6) is -1.14. The number of rotatable bonds is 4. The molecule has 0 radical (unpaired) electrons. The standard InChI is InChI=1S/C12H9Cl3N2O4/c13-8-4-2-1-3-7(8)11(12(14,15)17(20)21)16-9(18)5-6-10(16)19/h1-4,11H,5-6H2. The topological polar surface area (TPSA) is 80.5 Å². The first-order valence-electron chi connectivity index (χ1n) is 5.88. The van der Waals surface area contributed by atoms with Crippen LogP contribution in [0.1, 0.15) is 24.4 Å². The number of hydrogen-bond donors (Lipinski definition) is 0. The van der Waals surface area contributed by atoms with Crippen LogP contribution in [0.3, 0.4) is 0 Å². The first-order chi connectivity index (χ1) is 9.76. The number of imide groups is 1. The fraction of sp³-hybridized carbons (Fsp3) is 0.333. The molecule has 0 bridgehead atoms. The third kappa shape index (κ3) is 2.84. The van der Waals surface area contributed by atoms with E-state index in [1.807, 2.05) is 0 Å². The number of alkyl halides is 2. The number of nitrogens with zero attached hydrogens (tertiary/aromatic N) is 2. The number of benzene rings is 1. The first-order valence-corrected chi connectivity index (χ1v) is 7.02. The highest BCUT2D eigenvalue weighted by molar-refractivity contribution is 6.47. The Morgan fingerprint density at radius 3 is 2.19 bits per heavy atom. The van der Waals surface area contributed by atoms with Gasteiger partial charge in [-0.05, 0) is 29.3 Å². The molecule has 0 spiro atoms. The third-order valence-corrected chi connectivity index (χ3v) is 4.15. The molecule has 21 heavy (non-hydrogen) atoms. The number of nitro groups is 1. The molecule has 112 valence electrons. The van der Waals surface area contributed by atoms with Gasteiger partial charge in [0.2, 0.25) is 11.8 Å². The normalized spacial score (nSPS) is 17.2. The van der Waals surface area contributed by atoms with Crippen LogP contribution in [-0.2, 0) is 9.59 Å². The van der Waals surface area contributed by atoms with E-state index in [4.69, 9.17) is 34.8 Å². The summed E-state index contributed by atoms with van der Waals surface area (Å²) >= 11 is 17.6. The zero-order valence-corrected chi connectivity index (χ0v) is 12.7. The van der Waals surface area contributed by atoms with Crippen LogP contribution in [0.15, 0.2) is 24.3 Å². The molecule has 1 aliphatic rings. The quantitative estimate of drug-likeness (QED) is 0.275. The molecule has 0 aliphatic carbocycles. The maximum Gasteiger partial charge on any atom is 0.395 e. The Balaban J connectivity index is 2.61. The van der Waals surface area contributed by atoms with Gasteiger partial charge in [-0.3, -0.25) is 24.6 Å². The van der Waals surface area contributed by atoms with Crippen molar-refractivity contribution < 1.29 is 14.5 Å². The summed E-state index contributed by atoms with van der Waals surface area (Å²) in [6, 6.07) is 4.58. The van der Waals surface area contributed by atoms with E-state index in [1.54, 1.807) is 12.1 Å². The summed E-state index contributed by atoms with van der Waals surface area (Å²) in [6.07, 6.45) is -0.0806. The van der Waals surface area contributed by atoms with Gasteiger partial charge in [0.15, 0.2) is 6.04 Å². The van der Waals surface area contributed by atoms with Gasteiger partial charge in [0.1, 0.15) is 0 Å². The van der Waals surface area contributed by atoms with Gasteiger partial charge < -0.3 is 0 Å². The molecule has 1 unspecified atom stereocenters. The van der Waals surface area contributed by atoms with Crippen LogP contribution in [-0.4, -0.2) is 26.1 Å². The fourth-order valence-corrected chi connectivity index (χ4v) is 2.83. The molecule has 1 fully saturated rings. The van der Waals surface area contributed by atoms with E-state index in [1.165, 1.54) is 12.1 Å². The van der Waals surface area contributed by atoms with Crippen LogP contribution < -0.4 is 0 Å². The molecule has 1 aromatic carbocycles. The van der Waals surface area contributed by atoms with Crippen LogP contribution in [0.2, 0.25) is 5.02 Å². The molecular weight excluding hydrogens is 343 g/mol. The minimum Gasteiger partial charge on any atom is -0.274 e. The SMILES string of the molecule is O=C1CCC(=O)N1C(c1ccccc1Cl)C(Cl)(Cl)[N+](=O)[O-]. The van der Waals surface area contributed by atoms with Crippen molar-refractivity contribution in [1.82, 2.24) is 4.90 Å². The van der Waals surface area contributed by atoms with Crippen molar-refractivity contribution in [3.63, 3.8) is 0 Å². The van der Waals surface area contributed by atoms with Gasteiger partial charge >= 0.3 is 4.46 Å². The van der Waals surface area contributed by atoms with E-state index >= 15 is 0 Å². The van der Waals surface area contributed by atoms with Gasteiger partial charge in [-0.25, -0.2) is 0 Å². The number of carbonyl (C=O) groups excluding carboxylic acids is 2. The molecule has 1 saturated heterocycles. The fourth-order valence-electron chi connectivity index (χ4n) is 2.16. The van der Waals surface area contributed by atoms with E-state index in [-0.39, 0.29) is 23.4 Å². The molecule has 6 nitrogen and oxygen atoms in total. The molecule has 2 rings (SSSR count). The number of amides is 2. The lowest BCUT2D eigenvalue weighted by atomic mass is 10.0. The van der Waals surface area contributed by atoms with Crippen molar-refractivity contribution >= 4 is 46.6 Å². The predicted octanol–water partition coefficient (Wildman–Crippen LogP) is 2.94. The summed E-state index contributed by atoms with van der Waals surface area (Å²) in [4.78, 5) is 34.7. The monoisotopic (exact) mass is 350 g/mol. The predicted molar refractivity (Wildman–Crippen MR) is 76.7 cm³/mol. The maximum atomic E-state index is 11.9. The molecule has 1 aromatic rings. The summed E-state index contributed by atoms with van der Waals surface area (Å²) in [7, 11) is 0. The summed E-state index contributed by atoms with van der Waals surface area (Å²) < 4.78 is -2.60. The zero-order valence-electron chi connectivity index (χ0n) is 10.5. The molecule has 9 heteroatoms. The van der Waals surface area contributed by atoms with Gasteiger partial charge in [0, 0.05) is 23.4 Å². The molecule has 1 aliphatic heterocycles. The number of halogens is 3. The van der Waals surface area contributed by atoms with Crippen LogP contribution in [0, 0.1) is 10.1 Å². The highest BCUT2D eigenvalue weighted by Gasteiger charge is 2.56. The number of hydrogen-bond acceptors (Lipinski definition) is 4. The van der Waals surface area contributed by atoms with E-state index in [2.05, 4.69) is 0 Å². The van der Waals surface area contributed by atoms with Crippen molar-refractivity contribution in [2.45, 2.75) is 23.3 Å². The Kier molecular flexibility index (Phi) is 4.41. The van der Waals surface area contributed by atoms with E-state index < -0.39 is 27.2 Å². The van der Waals surface area contributed by atoms with Gasteiger partial charge in [-0.1, -0.05) is 29.8 Å². The van der Waals surface area contributed by atoms with E-state index in [0.717, 1.165) is 4.90 Å². The highest BCUT2D eigenvalue weighted by Crippen LogP contribution is 2.44. The van der Waals surface area contributed by atoms with Crippen molar-refractivity contribution in [2.75, 3.05) is 0 Å². The molecule has 0 saturated carbocycles. The van der Waals surface area contributed by atoms with Gasteiger partial charge in [0.25, 0.3) is 0 Å².